The number of imidazole rings is 1. The van der Waals surface area contributed by atoms with Crippen LogP contribution in [0.1, 0.15) is 6.23 Å². The molecular formula is C12H14F2N5O13P3. The number of nitrogen functional groups attached to an aromatic ring is 1. The summed E-state index contributed by atoms with van der Waals surface area (Å²) < 4.78 is 81.1. The monoisotopic (exact) mass is 567 g/mol. The van der Waals surface area contributed by atoms with Gasteiger partial charge in [0.25, 0.3) is 11.4 Å². The van der Waals surface area contributed by atoms with Crippen molar-refractivity contribution in [2.45, 2.75) is 23.9 Å². The number of aromatic nitrogens is 4. The van der Waals surface area contributed by atoms with E-state index in [1.54, 1.807) is 0 Å². The number of nitrogens with one attached hydrogen (secondary N) is 1. The second-order valence-corrected chi connectivity index (χ2v) is 11.1. The average molecular weight is 567 g/mol. The number of rotatable bonds is 8. The zero-order valence-corrected chi connectivity index (χ0v) is 19.2. The van der Waals surface area contributed by atoms with E-state index in [-0.39, 0.29) is 0 Å². The number of terminal acetylenes is 1. The highest BCUT2D eigenvalue weighted by atomic mass is 31.3. The number of anilines is 1. The van der Waals surface area contributed by atoms with E-state index in [0.717, 1.165) is 6.33 Å². The Bertz CT molecular complexity index is 1400. The maximum absolute atomic E-state index is 15.5. The summed E-state index contributed by atoms with van der Waals surface area (Å²) in [5.74, 6) is -2.78. The molecule has 0 amide bonds. The average Bonchev–Trinajstić information content (AvgIpc) is 3.18. The highest BCUT2D eigenvalue weighted by Crippen LogP contribution is 2.66. The molecule has 3 heterocycles. The third-order valence-corrected chi connectivity index (χ3v) is 8.02. The Morgan fingerprint density at radius 3 is 2.46 bits per heavy atom. The van der Waals surface area contributed by atoms with Crippen LogP contribution in [0, 0.1) is 12.3 Å². The van der Waals surface area contributed by atoms with Gasteiger partial charge in [-0.3, -0.25) is 18.9 Å². The Labute approximate surface area is 191 Å². The lowest BCUT2D eigenvalue weighted by Gasteiger charge is -2.25. The summed E-state index contributed by atoms with van der Waals surface area (Å²) in [4.78, 5) is 56.9. The number of alkyl halides is 2. The zero-order valence-electron chi connectivity index (χ0n) is 16.5. The molecule has 0 aliphatic carbocycles. The number of H-pyrrole nitrogens is 1. The number of ether oxygens (including phenoxy) is 1. The summed E-state index contributed by atoms with van der Waals surface area (Å²) in [6.07, 6.45) is 0.548. The fourth-order valence-electron chi connectivity index (χ4n) is 2.89. The molecule has 2 aromatic rings. The quantitative estimate of drug-likeness (QED) is 0.148. The fraction of sp³-hybridized carbons (Fsp3) is 0.417. The molecule has 8 N–H and O–H groups in total. The third kappa shape index (κ3) is 5.52. The number of nitrogens with two attached hydrogens (primary N) is 1. The van der Waals surface area contributed by atoms with E-state index in [1.165, 1.54) is 5.92 Å². The van der Waals surface area contributed by atoms with Crippen LogP contribution in [-0.2, 0) is 31.6 Å². The van der Waals surface area contributed by atoms with E-state index in [0.29, 0.717) is 4.57 Å². The molecule has 194 valence electrons. The number of phosphoric acid groups is 3. The second-order valence-electron chi connectivity index (χ2n) is 6.71. The standard InChI is InChI=1S/C12H14F2N5O13P3/c1-2-11(13)8(21)12(14,3-29-34(25,26)32-35(27,28)31-33(22,23)24)30-9(11)19-4-16-5-6(19)17-10(15)18-7(5)20/h1,4,8-9,21H,3H2,(H,25,26)(H,27,28)(H2,22,23,24)(H3,15,17,18,20)/t8-,9?,11+,12+/m0/s1. The van der Waals surface area contributed by atoms with E-state index >= 15 is 8.78 Å². The van der Waals surface area contributed by atoms with Gasteiger partial charge in [-0.15, -0.1) is 6.42 Å². The van der Waals surface area contributed by atoms with Crippen molar-refractivity contribution in [2.75, 3.05) is 12.3 Å². The van der Waals surface area contributed by atoms with Gasteiger partial charge in [0, 0.05) is 0 Å². The largest absolute Gasteiger partial charge is 0.490 e. The van der Waals surface area contributed by atoms with Gasteiger partial charge in [0.1, 0.15) is 6.61 Å². The van der Waals surface area contributed by atoms with Crippen LogP contribution >= 0.6 is 23.5 Å². The summed E-state index contributed by atoms with van der Waals surface area (Å²) in [7, 11) is -17.5. The molecule has 2 aromatic heterocycles. The predicted molar refractivity (Wildman–Crippen MR) is 105 cm³/mol. The van der Waals surface area contributed by atoms with Gasteiger partial charge < -0.3 is 35.2 Å². The molecule has 0 aromatic carbocycles. The van der Waals surface area contributed by atoms with E-state index in [1.807, 2.05) is 0 Å². The number of halogens is 2. The molecular weight excluding hydrogens is 553 g/mol. The van der Waals surface area contributed by atoms with Gasteiger partial charge in [0.15, 0.2) is 23.5 Å². The zero-order chi connectivity index (χ0) is 26.6. The Morgan fingerprint density at radius 2 is 1.89 bits per heavy atom. The van der Waals surface area contributed by atoms with Crippen LogP contribution in [0.15, 0.2) is 11.1 Å². The van der Waals surface area contributed by atoms with Crippen molar-refractivity contribution in [2.24, 2.45) is 0 Å². The number of aromatic amines is 1. The van der Waals surface area contributed by atoms with Gasteiger partial charge in [0.2, 0.25) is 11.6 Å². The number of hydrogen-bond acceptors (Lipinski definition) is 12. The molecule has 0 saturated carbocycles. The number of aliphatic hydroxyl groups excluding tert-OH is 1. The number of fused-ring (bicyclic) bond motifs is 1. The molecule has 23 heteroatoms. The van der Waals surface area contributed by atoms with Crippen LogP contribution < -0.4 is 11.3 Å². The molecule has 0 radical (unpaired) electrons. The summed E-state index contributed by atoms with van der Waals surface area (Å²) >= 11 is 0. The topological polar surface area (TPSA) is 279 Å². The minimum atomic E-state index is -5.95. The second kappa shape index (κ2) is 8.78. The molecule has 1 aliphatic rings. The number of phosphoric ester groups is 1. The first kappa shape index (κ1) is 27.5. The first-order valence-corrected chi connectivity index (χ1v) is 13.1. The van der Waals surface area contributed by atoms with Gasteiger partial charge in [-0.1, -0.05) is 5.92 Å². The number of nitrogens with zero attached hydrogens (tertiary/aromatic N) is 3. The summed E-state index contributed by atoms with van der Waals surface area (Å²) in [6.45, 7) is -1.90. The predicted octanol–water partition coefficient (Wildman–Crippen LogP) is -1.06. The minimum absolute atomic E-state index is 0.415. The first-order valence-electron chi connectivity index (χ1n) is 8.55. The summed E-state index contributed by atoms with van der Waals surface area (Å²) in [5.41, 5.74) is 0.201. The van der Waals surface area contributed by atoms with Gasteiger partial charge in [-0.2, -0.15) is 13.6 Å². The number of aliphatic hydroxyl groups is 1. The lowest BCUT2D eigenvalue weighted by atomic mass is 9.96. The molecule has 0 spiro atoms. The SMILES string of the molecule is C#C[C@]1(F)C(n2cnc3c(=O)[nH]c(N)nc32)O[C@](F)(COP(=O)(O)OP(=O)(O)OP(=O)(O)O)[C@H]1O. The highest BCUT2D eigenvalue weighted by Gasteiger charge is 2.67. The number of hydrogen-bond donors (Lipinski definition) is 7. The van der Waals surface area contributed by atoms with Crippen molar-refractivity contribution in [3.05, 3.63) is 16.7 Å². The highest BCUT2D eigenvalue weighted by molar-refractivity contribution is 7.66. The van der Waals surface area contributed by atoms with Gasteiger partial charge in [-0.25, -0.2) is 27.5 Å². The lowest BCUT2D eigenvalue weighted by Crippen LogP contribution is -2.47. The third-order valence-electron chi connectivity index (χ3n) is 4.24. The van der Waals surface area contributed by atoms with E-state index < -0.39 is 76.6 Å². The van der Waals surface area contributed by atoms with Crippen LogP contribution in [0.2, 0.25) is 0 Å². The maximum atomic E-state index is 15.5. The molecule has 35 heavy (non-hydrogen) atoms. The van der Waals surface area contributed by atoms with E-state index in [2.05, 4.69) is 28.1 Å². The van der Waals surface area contributed by atoms with Crippen molar-refractivity contribution >= 4 is 40.6 Å². The fourth-order valence-corrected chi connectivity index (χ4v) is 5.93. The smallest absolute Gasteiger partial charge is 0.383 e. The molecule has 3 rings (SSSR count). The van der Waals surface area contributed by atoms with Crippen molar-refractivity contribution in [3.63, 3.8) is 0 Å². The Balaban J connectivity index is 1.89. The van der Waals surface area contributed by atoms with Crippen LogP contribution in [0.25, 0.3) is 11.2 Å². The molecule has 0 bridgehead atoms. The maximum Gasteiger partial charge on any atom is 0.490 e. The van der Waals surface area contributed by atoms with Crippen molar-refractivity contribution in [1.82, 2.24) is 19.5 Å². The summed E-state index contributed by atoms with van der Waals surface area (Å²) in [6, 6.07) is 0. The van der Waals surface area contributed by atoms with Crippen molar-refractivity contribution in [3.8, 4) is 12.3 Å². The van der Waals surface area contributed by atoms with Crippen LogP contribution in [0.3, 0.4) is 0 Å². The molecule has 1 fully saturated rings. The Morgan fingerprint density at radius 1 is 1.26 bits per heavy atom. The molecule has 18 nitrogen and oxygen atoms in total. The van der Waals surface area contributed by atoms with Gasteiger partial charge >= 0.3 is 23.5 Å². The normalized spacial score (nSPS) is 30.6. The van der Waals surface area contributed by atoms with Gasteiger partial charge in [0.05, 0.1) is 6.33 Å². The summed E-state index contributed by atoms with van der Waals surface area (Å²) in [5, 5.41) is 10.2. The van der Waals surface area contributed by atoms with Crippen LogP contribution in [0.5, 0.6) is 0 Å². The van der Waals surface area contributed by atoms with Crippen molar-refractivity contribution in [1.29, 1.82) is 0 Å². The Kier molecular flexibility index (Phi) is 6.90. The molecule has 3 unspecified atom stereocenters. The molecule has 6 atom stereocenters. The van der Waals surface area contributed by atoms with Crippen LogP contribution in [0.4, 0.5) is 14.7 Å². The Hall–Kier alpha value is -2.10. The van der Waals surface area contributed by atoms with E-state index in [4.69, 9.17) is 31.6 Å². The van der Waals surface area contributed by atoms with E-state index in [9.17, 15) is 28.5 Å². The lowest BCUT2D eigenvalue weighted by molar-refractivity contribution is -0.203. The molecule has 1 saturated heterocycles. The van der Waals surface area contributed by atoms with Crippen LogP contribution in [-0.4, -0.2) is 68.4 Å². The minimum Gasteiger partial charge on any atom is -0.383 e. The van der Waals surface area contributed by atoms with Crippen molar-refractivity contribution < 1.29 is 65.0 Å². The molecule has 1 aliphatic heterocycles. The van der Waals surface area contributed by atoms with Gasteiger partial charge in [-0.05, 0) is 0 Å². The first-order chi connectivity index (χ1) is 15.8.